The van der Waals surface area contributed by atoms with E-state index in [2.05, 4.69) is 29.5 Å². The van der Waals surface area contributed by atoms with Crippen LogP contribution in [0.5, 0.6) is 0 Å². The Morgan fingerprint density at radius 2 is 1.83 bits per heavy atom. The van der Waals surface area contributed by atoms with Gasteiger partial charge >= 0.3 is 0 Å². The third-order valence-electron chi connectivity index (χ3n) is 4.82. The van der Waals surface area contributed by atoms with E-state index in [4.69, 9.17) is 4.74 Å². The van der Waals surface area contributed by atoms with Gasteiger partial charge < -0.3 is 15.4 Å². The number of halogens is 1. The first kappa shape index (κ1) is 27.1. The minimum absolute atomic E-state index is 0. The third kappa shape index (κ3) is 9.49. The van der Waals surface area contributed by atoms with Gasteiger partial charge in [0.2, 0.25) is 10.0 Å². The first-order chi connectivity index (χ1) is 13.9. The molecule has 0 atom stereocenters. The average Bonchev–Trinajstić information content (AvgIpc) is 2.70. The van der Waals surface area contributed by atoms with Crippen LogP contribution in [0.4, 0.5) is 0 Å². The van der Waals surface area contributed by atoms with Crippen LogP contribution in [-0.4, -0.2) is 58.1 Å². The Hall–Kier alpha value is -0.910. The molecule has 7 nitrogen and oxygen atoms in total. The fourth-order valence-corrected chi connectivity index (χ4v) is 4.75. The number of sulfonamides is 1. The van der Waals surface area contributed by atoms with E-state index >= 15 is 0 Å². The minimum Gasteiger partial charge on any atom is -0.379 e. The van der Waals surface area contributed by atoms with E-state index in [1.165, 1.54) is 10.7 Å². The number of aliphatic imine (C=N–C) groups is 1. The molecule has 2 N–H and O–H groups in total. The highest BCUT2D eigenvalue weighted by molar-refractivity contribution is 14.0. The van der Waals surface area contributed by atoms with Crippen LogP contribution in [0.1, 0.15) is 44.7 Å². The molecule has 1 fully saturated rings. The predicted octanol–water partition coefficient (Wildman–Crippen LogP) is 2.96. The SMILES string of the molecule is CCNC(=NCc1ccccc1CS(=O)(=O)N1CCOCC1)NCCCC(C)C.I. The smallest absolute Gasteiger partial charge is 0.218 e. The van der Waals surface area contributed by atoms with Gasteiger partial charge in [0.05, 0.1) is 25.5 Å². The van der Waals surface area contributed by atoms with Gasteiger partial charge in [0.1, 0.15) is 0 Å². The Morgan fingerprint density at radius 1 is 1.17 bits per heavy atom. The van der Waals surface area contributed by atoms with Crippen LogP contribution in [0.3, 0.4) is 0 Å². The monoisotopic (exact) mass is 552 g/mol. The summed E-state index contributed by atoms with van der Waals surface area (Å²) in [5.41, 5.74) is 1.74. The van der Waals surface area contributed by atoms with Crippen LogP contribution >= 0.6 is 24.0 Å². The van der Waals surface area contributed by atoms with Gasteiger partial charge in [0, 0.05) is 26.2 Å². The van der Waals surface area contributed by atoms with E-state index in [0.29, 0.717) is 38.8 Å². The van der Waals surface area contributed by atoms with Crippen molar-refractivity contribution in [1.82, 2.24) is 14.9 Å². The topological polar surface area (TPSA) is 83.0 Å². The number of rotatable bonds is 10. The number of ether oxygens (including phenoxy) is 1. The summed E-state index contributed by atoms with van der Waals surface area (Å²) >= 11 is 0. The highest BCUT2D eigenvalue weighted by Crippen LogP contribution is 2.17. The lowest BCUT2D eigenvalue weighted by atomic mass is 10.1. The molecule has 0 unspecified atom stereocenters. The first-order valence-electron chi connectivity index (χ1n) is 10.6. The van der Waals surface area contributed by atoms with Crippen LogP contribution in [0.15, 0.2) is 29.3 Å². The van der Waals surface area contributed by atoms with Gasteiger partial charge in [-0.2, -0.15) is 4.31 Å². The number of guanidine groups is 1. The normalized spacial score (nSPS) is 15.7. The molecule has 1 saturated heterocycles. The maximum absolute atomic E-state index is 12.8. The second kappa shape index (κ2) is 14.2. The van der Waals surface area contributed by atoms with Crippen molar-refractivity contribution in [2.45, 2.75) is 45.9 Å². The lowest BCUT2D eigenvalue weighted by Gasteiger charge is -2.26. The van der Waals surface area contributed by atoms with Crippen LogP contribution in [0, 0.1) is 5.92 Å². The van der Waals surface area contributed by atoms with Gasteiger partial charge in [-0.15, -0.1) is 24.0 Å². The molecule has 0 saturated carbocycles. The van der Waals surface area contributed by atoms with Crippen molar-refractivity contribution in [3.05, 3.63) is 35.4 Å². The van der Waals surface area contributed by atoms with Crippen molar-refractivity contribution in [3.8, 4) is 0 Å². The van der Waals surface area contributed by atoms with E-state index in [0.717, 1.165) is 36.6 Å². The molecule has 1 heterocycles. The maximum atomic E-state index is 12.8. The summed E-state index contributed by atoms with van der Waals surface area (Å²) in [5, 5.41) is 6.62. The van der Waals surface area contributed by atoms with Gasteiger partial charge in [-0.25, -0.2) is 13.4 Å². The van der Waals surface area contributed by atoms with Crippen molar-refractivity contribution in [2.75, 3.05) is 39.4 Å². The molecule has 9 heteroatoms. The second-order valence-electron chi connectivity index (χ2n) is 7.69. The van der Waals surface area contributed by atoms with Crippen molar-refractivity contribution in [1.29, 1.82) is 0 Å². The van der Waals surface area contributed by atoms with E-state index in [1.807, 2.05) is 31.2 Å². The Bertz CT molecular complexity index is 750. The highest BCUT2D eigenvalue weighted by atomic mass is 127. The van der Waals surface area contributed by atoms with E-state index in [9.17, 15) is 8.42 Å². The summed E-state index contributed by atoms with van der Waals surface area (Å²) in [4.78, 5) is 4.67. The van der Waals surface area contributed by atoms with Gasteiger partial charge in [0.15, 0.2) is 5.96 Å². The summed E-state index contributed by atoms with van der Waals surface area (Å²) in [6.45, 7) is 10.3. The molecule has 0 aliphatic carbocycles. The van der Waals surface area contributed by atoms with Crippen molar-refractivity contribution in [3.63, 3.8) is 0 Å². The Labute approximate surface area is 199 Å². The lowest BCUT2D eigenvalue weighted by Crippen LogP contribution is -2.41. The molecular weight excluding hydrogens is 515 g/mol. The quantitative estimate of drug-likeness (QED) is 0.202. The first-order valence-corrected chi connectivity index (χ1v) is 12.2. The molecule has 1 aliphatic rings. The molecule has 0 aromatic heterocycles. The molecule has 1 aliphatic heterocycles. The van der Waals surface area contributed by atoms with Gasteiger partial charge in [-0.3, -0.25) is 0 Å². The number of hydrogen-bond donors (Lipinski definition) is 2. The minimum atomic E-state index is -3.36. The van der Waals surface area contributed by atoms with E-state index < -0.39 is 10.0 Å². The molecule has 0 radical (unpaired) electrons. The zero-order chi connectivity index (χ0) is 21.1. The highest BCUT2D eigenvalue weighted by Gasteiger charge is 2.25. The summed E-state index contributed by atoms with van der Waals surface area (Å²) in [5.74, 6) is 1.45. The van der Waals surface area contributed by atoms with Crippen LogP contribution < -0.4 is 10.6 Å². The third-order valence-corrected chi connectivity index (χ3v) is 6.65. The number of nitrogens with zero attached hydrogens (tertiary/aromatic N) is 2. The number of benzene rings is 1. The van der Waals surface area contributed by atoms with Crippen molar-refractivity contribution >= 4 is 40.0 Å². The zero-order valence-electron chi connectivity index (χ0n) is 18.4. The number of nitrogens with one attached hydrogen (secondary N) is 2. The predicted molar refractivity (Wildman–Crippen MR) is 134 cm³/mol. The van der Waals surface area contributed by atoms with Crippen LogP contribution in [0.25, 0.3) is 0 Å². The Balaban J connectivity index is 0.00000450. The molecule has 2 rings (SSSR count). The van der Waals surface area contributed by atoms with Gasteiger partial charge in [0.25, 0.3) is 0 Å². The average molecular weight is 553 g/mol. The largest absolute Gasteiger partial charge is 0.379 e. The number of morpholine rings is 1. The molecule has 172 valence electrons. The van der Waals surface area contributed by atoms with Crippen LogP contribution in [-0.2, 0) is 27.1 Å². The molecule has 0 spiro atoms. The Morgan fingerprint density at radius 3 is 2.47 bits per heavy atom. The molecule has 1 aromatic rings. The fraction of sp³-hybridized carbons (Fsp3) is 0.667. The second-order valence-corrected chi connectivity index (χ2v) is 9.66. The number of hydrogen-bond acceptors (Lipinski definition) is 4. The standard InChI is InChI=1S/C21H36N4O3S.HI/c1-4-22-21(23-11-7-8-18(2)3)24-16-19-9-5-6-10-20(19)17-29(26,27)25-12-14-28-15-13-25;/h5-6,9-10,18H,4,7-8,11-17H2,1-3H3,(H2,22,23,24);1H. The molecular formula is C21H37IN4O3S. The summed E-state index contributed by atoms with van der Waals surface area (Å²) in [6.07, 6.45) is 2.27. The van der Waals surface area contributed by atoms with Crippen LogP contribution in [0.2, 0.25) is 0 Å². The summed E-state index contributed by atoms with van der Waals surface area (Å²) in [6, 6.07) is 7.65. The summed E-state index contributed by atoms with van der Waals surface area (Å²) < 4.78 is 32.4. The lowest BCUT2D eigenvalue weighted by molar-refractivity contribution is 0.0729. The van der Waals surface area contributed by atoms with Gasteiger partial charge in [-0.1, -0.05) is 38.1 Å². The van der Waals surface area contributed by atoms with Crippen molar-refractivity contribution < 1.29 is 13.2 Å². The maximum Gasteiger partial charge on any atom is 0.218 e. The van der Waals surface area contributed by atoms with E-state index in [1.54, 1.807) is 0 Å². The summed E-state index contributed by atoms with van der Waals surface area (Å²) in [7, 11) is -3.36. The van der Waals surface area contributed by atoms with E-state index in [-0.39, 0.29) is 29.7 Å². The Kier molecular flexibility index (Phi) is 12.8. The molecule has 30 heavy (non-hydrogen) atoms. The van der Waals surface area contributed by atoms with Crippen molar-refractivity contribution in [2.24, 2.45) is 10.9 Å². The molecule has 0 amide bonds. The molecule has 1 aromatic carbocycles. The zero-order valence-corrected chi connectivity index (χ0v) is 21.5. The van der Waals surface area contributed by atoms with Gasteiger partial charge in [-0.05, 0) is 36.8 Å². The fourth-order valence-electron chi connectivity index (χ4n) is 3.19. The molecule has 0 bridgehead atoms.